The van der Waals surface area contributed by atoms with Crippen LogP contribution in [0.2, 0.25) is 0 Å². The van der Waals surface area contributed by atoms with Crippen molar-refractivity contribution >= 4 is 102 Å². The van der Waals surface area contributed by atoms with Gasteiger partial charge in [-0.1, -0.05) is 289 Å². The van der Waals surface area contributed by atoms with Crippen molar-refractivity contribution in [1.82, 2.24) is 0 Å². The number of ether oxygens (including phenoxy) is 6. The van der Waals surface area contributed by atoms with Crippen LogP contribution < -0.4 is 57.8 Å². The van der Waals surface area contributed by atoms with E-state index in [0.29, 0.717) is 26.4 Å². The molecule has 0 saturated carbocycles. The third-order valence-corrected chi connectivity index (χ3v) is 25.3. The van der Waals surface area contributed by atoms with E-state index in [1.807, 2.05) is 48.5 Å². The molecule has 0 aliphatic heterocycles. The SMILES string of the molecule is C.C.C.Cc1ccc(N(c2ccc(C)cc2)c2cccc(OCCCCOc3cccc(N(c4ccc(C)cc4)c4ccc(C)cc4)c3)c2)cc1.Cc1ccc(N(c2ccc(C)cc2)c2cccc(OCOc3cccc(N(c4ccc(C)cc4)c4ccc(C)cc4)c3)c2)cc1.Cc1ccc(N(c2ccc(C)cc2)c2cccc(OCc3cccc(COc4cccc(N(c5ccc(C)cc5)c5ccc(C)cc5)c4)c3)c2)cc1. The molecule has 0 amide bonds. The van der Waals surface area contributed by atoms with Gasteiger partial charge in [0.2, 0.25) is 6.79 Å². The summed E-state index contributed by atoms with van der Waals surface area (Å²) in [4.78, 5) is 13.5. The number of benzene rings is 19. The smallest absolute Gasteiger partial charge is 0.230 e. The highest BCUT2D eigenvalue weighted by Crippen LogP contribution is 2.45. The molecule has 19 rings (SSSR count). The van der Waals surface area contributed by atoms with Crippen molar-refractivity contribution in [2.75, 3.05) is 49.4 Å². The maximum absolute atomic E-state index is 6.38. The van der Waals surface area contributed by atoms with Crippen molar-refractivity contribution in [3.63, 3.8) is 0 Å². The van der Waals surface area contributed by atoms with Crippen LogP contribution in [-0.2, 0) is 13.2 Å². The molecule has 0 heterocycles. The summed E-state index contributed by atoms with van der Waals surface area (Å²) in [5, 5.41) is 0. The van der Waals surface area contributed by atoms with E-state index in [0.717, 1.165) is 161 Å². The van der Waals surface area contributed by atoms with Gasteiger partial charge in [0.1, 0.15) is 47.7 Å². The lowest BCUT2D eigenvalue weighted by Gasteiger charge is -2.26. The van der Waals surface area contributed by atoms with Crippen molar-refractivity contribution in [3.05, 3.63) is 539 Å². The molecule has 12 nitrogen and oxygen atoms in total. The predicted molar refractivity (Wildman–Crippen MR) is 625 cm³/mol. The average molecular weight is 1950 g/mol. The molecule has 0 saturated heterocycles. The van der Waals surface area contributed by atoms with E-state index in [1.54, 1.807) is 0 Å². The van der Waals surface area contributed by atoms with Crippen molar-refractivity contribution in [2.45, 2.75) is 131 Å². The van der Waals surface area contributed by atoms with Gasteiger partial charge >= 0.3 is 0 Å². The van der Waals surface area contributed by atoms with E-state index >= 15 is 0 Å². The summed E-state index contributed by atoms with van der Waals surface area (Å²) in [7, 11) is 0. The number of unbranched alkanes of at least 4 members (excludes halogenated alkanes) is 1. The Morgan fingerprint density at radius 2 is 0.284 bits per heavy atom. The fourth-order valence-corrected chi connectivity index (χ4v) is 17.2. The van der Waals surface area contributed by atoms with E-state index in [4.69, 9.17) is 28.4 Å². The molecule has 19 aromatic carbocycles. The standard InChI is InChI=1S/C48H44N2O2.C44H44N2O2.C41H38N2O2.3CH4/c1-35-14-22-41(23-15-35)49(42-24-16-36(2)17-25-42)45-10-6-12-47(31-45)51-33-39-8-5-9-40(30-39)34-52-48-13-7-11-46(32-48)50(43-26-18-37(3)19-27-43)44-28-20-38(4)21-29-44;1-33-13-21-37(22-14-33)45(38-23-15-34(2)16-24-38)41-9-7-11-43(31-41)47-29-5-6-30-48-44-12-8-10-42(32-44)46(39-25-17-35(3)18-26-39)40-27-19-36(4)20-28-40;1-30-11-19-34(20-12-30)42(35-21-13-31(2)14-22-35)38-7-5-9-40(27-38)44-29-45-41-10-6-8-39(28-41)43(36-23-15-32(3)16-24-36)37-25-17-33(4)18-26-37;;;/h5-32H,33-34H2,1-4H3;7-28,31-32H,5-6,29-30H2,1-4H3;5-28H,29H2,1-4H3;3*1H4. The van der Waals surface area contributed by atoms with Crippen LogP contribution in [0.4, 0.5) is 102 Å². The predicted octanol–water partition coefficient (Wildman–Crippen LogP) is 38.3. The molecular weight excluding hydrogens is 1810 g/mol. The zero-order chi connectivity index (χ0) is 100. The minimum Gasteiger partial charge on any atom is -0.494 e. The summed E-state index contributed by atoms with van der Waals surface area (Å²) in [6.45, 7) is 27.5. The highest BCUT2D eigenvalue weighted by Gasteiger charge is 2.22. The van der Waals surface area contributed by atoms with Crippen molar-refractivity contribution in [1.29, 1.82) is 0 Å². The number of hydrogen-bond acceptors (Lipinski definition) is 12. The van der Waals surface area contributed by atoms with Gasteiger partial charge in [-0.3, -0.25) is 0 Å². The first-order chi connectivity index (χ1) is 70.7. The molecule has 0 fully saturated rings. The molecule has 0 unspecified atom stereocenters. The normalized spacial score (nSPS) is 10.6. The first-order valence-corrected chi connectivity index (χ1v) is 49.8. The molecule has 0 spiro atoms. The van der Waals surface area contributed by atoms with Crippen LogP contribution >= 0.6 is 0 Å². The fraction of sp³-hybridized carbons (Fsp3) is 0.162. The lowest BCUT2D eigenvalue weighted by atomic mass is 10.1. The van der Waals surface area contributed by atoms with E-state index < -0.39 is 0 Å². The van der Waals surface area contributed by atoms with Gasteiger partial charge in [0.25, 0.3) is 0 Å². The van der Waals surface area contributed by atoms with Gasteiger partial charge < -0.3 is 57.8 Å². The molecule has 0 aromatic heterocycles. The monoisotopic (exact) mass is 1950 g/mol. The zero-order valence-corrected chi connectivity index (χ0v) is 85.0. The fourth-order valence-electron chi connectivity index (χ4n) is 17.2. The summed E-state index contributed by atoms with van der Waals surface area (Å²) >= 11 is 0. The highest BCUT2D eigenvalue weighted by molar-refractivity contribution is 5.84. The topological polar surface area (TPSA) is 74.8 Å². The largest absolute Gasteiger partial charge is 0.494 e. The van der Waals surface area contributed by atoms with Crippen molar-refractivity contribution in [2.24, 2.45) is 0 Å². The van der Waals surface area contributed by atoms with Crippen LogP contribution in [0.3, 0.4) is 0 Å². The lowest BCUT2D eigenvalue weighted by Crippen LogP contribution is -2.11. The Hall–Kier alpha value is -17.2. The highest BCUT2D eigenvalue weighted by atomic mass is 16.7. The molecule has 0 aliphatic carbocycles. The second-order valence-electron chi connectivity index (χ2n) is 37.2. The Bertz CT molecular complexity index is 6660. The summed E-state index contributed by atoms with van der Waals surface area (Å²) in [5.74, 6) is 4.80. The molecule has 0 aliphatic rings. The van der Waals surface area contributed by atoms with E-state index in [9.17, 15) is 0 Å². The molecular formula is C136H138N6O6. The quantitative estimate of drug-likeness (QED) is 0.0281. The molecule has 748 valence electrons. The minimum absolute atomic E-state index is 0. The number of aryl methyl sites for hydroxylation is 12. The molecule has 0 radical (unpaired) electrons. The van der Waals surface area contributed by atoms with Gasteiger partial charge in [-0.25, -0.2) is 0 Å². The molecule has 0 atom stereocenters. The Kier molecular flexibility index (Phi) is 37.3. The van der Waals surface area contributed by atoms with E-state index in [1.165, 1.54) is 66.8 Å². The summed E-state index contributed by atoms with van der Waals surface area (Å²) < 4.78 is 37.5. The summed E-state index contributed by atoms with van der Waals surface area (Å²) in [6.07, 6.45) is 1.78. The zero-order valence-electron chi connectivity index (χ0n) is 85.0. The third kappa shape index (κ3) is 28.9. The van der Waals surface area contributed by atoms with Crippen LogP contribution in [0, 0.1) is 83.1 Å². The molecule has 19 aromatic rings. The third-order valence-electron chi connectivity index (χ3n) is 25.3. The number of anilines is 18. The van der Waals surface area contributed by atoms with Gasteiger partial charge in [-0.05, 0) is 332 Å². The van der Waals surface area contributed by atoms with Crippen LogP contribution in [0.15, 0.2) is 461 Å². The summed E-state index contributed by atoms with van der Waals surface area (Å²) in [5.41, 5.74) is 36.4. The van der Waals surface area contributed by atoms with Gasteiger partial charge in [0.15, 0.2) is 0 Å². The van der Waals surface area contributed by atoms with Crippen LogP contribution in [-0.4, -0.2) is 20.0 Å². The summed E-state index contributed by atoms with van der Waals surface area (Å²) in [6, 6.07) is 161. The van der Waals surface area contributed by atoms with E-state index in [-0.39, 0.29) is 29.1 Å². The Labute approximate surface area is 879 Å². The van der Waals surface area contributed by atoms with Crippen molar-refractivity contribution in [3.8, 4) is 34.5 Å². The second kappa shape index (κ2) is 51.8. The Morgan fingerprint density at radius 1 is 0.142 bits per heavy atom. The maximum Gasteiger partial charge on any atom is 0.230 e. The number of hydrogen-bond donors (Lipinski definition) is 0. The first kappa shape index (κ1) is 107. The van der Waals surface area contributed by atoms with Crippen molar-refractivity contribution < 1.29 is 28.4 Å². The molecule has 0 N–H and O–H groups in total. The van der Waals surface area contributed by atoms with Crippen LogP contribution in [0.1, 0.15) is 113 Å². The van der Waals surface area contributed by atoms with Gasteiger partial charge in [0, 0.05) is 139 Å². The van der Waals surface area contributed by atoms with Gasteiger partial charge in [0.05, 0.1) is 13.2 Å². The Balaban J connectivity index is 0.000000174. The lowest BCUT2D eigenvalue weighted by molar-refractivity contribution is 0.120. The molecule has 148 heavy (non-hydrogen) atoms. The van der Waals surface area contributed by atoms with Crippen LogP contribution in [0.25, 0.3) is 0 Å². The first-order valence-electron chi connectivity index (χ1n) is 49.8. The molecule has 12 heteroatoms. The molecule has 0 bridgehead atoms. The Morgan fingerprint density at radius 3 is 0.446 bits per heavy atom. The number of rotatable bonds is 35. The number of nitrogens with zero attached hydrogens (tertiary/aromatic N) is 6. The van der Waals surface area contributed by atoms with E-state index in [2.05, 4.69) is 525 Å². The van der Waals surface area contributed by atoms with Gasteiger partial charge in [-0.2, -0.15) is 0 Å². The van der Waals surface area contributed by atoms with Gasteiger partial charge in [-0.15, -0.1) is 0 Å². The maximum atomic E-state index is 6.38. The second-order valence-corrected chi connectivity index (χ2v) is 37.2. The minimum atomic E-state index is 0. The average Bonchev–Trinajstić information content (AvgIpc) is 0.823. The van der Waals surface area contributed by atoms with Crippen LogP contribution in [0.5, 0.6) is 34.5 Å².